The maximum atomic E-state index is 12.7. The van der Waals surface area contributed by atoms with Crippen molar-refractivity contribution in [2.45, 2.75) is 20.3 Å². The van der Waals surface area contributed by atoms with Crippen LogP contribution in [0.5, 0.6) is 11.5 Å². The molecule has 1 saturated carbocycles. The molecule has 0 saturated heterocycles. The van der Waals surface area contributed by atoms with Crippen LogP contribution in [0, 0.1) is 11.8 Å². The van der Waals surface area contributed by atoms with E-state index in [2.05, 4.69) is 5.32 Å². The van der Waals surface area contributed by atoms with Crippen LogP contribution >= 0.6 is 11.3 Å². The molecule has 3 rings (SSSR count). The number of benzene rings is 1. The molecule has 0 spiro atoms. The Morgan fingerprint density at radius 2 is 1.84 bits per heavy atom. The second-order valence-corrected chi connectivity index (χ2v) is 8.00. The zero-order valence-electron chi connectivity index (χ0n) is 17.9. The van der Waals surface area contributed by atoms with Crippen molar-refractivity contribution in [2.24, 2.45) is 11.8 Å². The third-order valence-corrected chi connectivity index (χ3v) is 5.87. The van der Waals surface area contributed by atoms with Gasteiger partial charge in [-0.15, -0.1) is 11.3 Å². The van der Waals surface area contributed by atoms with E-state index >= 15 is 0 Å². The smallest absolute Gasteiger partial charge is 0.341 e. The van der Waals surface area contributed by atoms with Gasteiger partial charge in [-0.1, -0.05) is 13.0 Å². The largest absolute Gasteiger partial charge is 0.493 e. The summed E-state index contributed by atoms with van der Waals surface area (Å²) in [5, 5.41) is 4.74. The zero-order chi connectivity index (χ0) is 22.5. The van der Waals surface area contributed by atoms with Gasteiger partial charge in [0.1, 0.15) is 10.6 Å². The lowest BCUT2D eigenvalue weighted by Gasteiger charge is -2.11. The fraction of sp³-hybridized carbons (Fsp3) is 0.409. The van der Waals surface area contributed by atoms with Gasteiger partial charge < -0.3 is 24.3 Å². The molecule has 1 aromatic carbocycles. The van der Waals surface area contributed by atoms with Crippen molar-refractivity contribution in [1.29, 1.82) is 0 Å². The van der Waals surface area contributed by atoms with Crippen molar-refractivity contribution in [3.05, 3.63) is 29.1 Å². The van der Waals surface area contributed by atoms with Crippen LogP contribution in [0.3, 0.4) is 0 Å². The molecule has 166 valence electrons. The van der Waals surface area contributed by atoms with Gasteiger partial charge in [0.2, 0.25) is 0 Å². The van der Waals surface area contributed by atoms with E-state index in [9.17, 15) is 14.4 Å². The van der Waals surface area contributed by atoms with Crippen LogP contribution in [0.1, 0.15) is 30.6 Å². The molecule has 2 atom stereocenters. The number of ether oxygens (including phenoxy) is 4. The highest BCUT2D eigenvalue weighted by molar-refractivity contribution is 7.15. The molecule has 1 amide bonds. The predicted molar refractivity (Wildman–Crippen MR) is 116 cm³/mol. The first kappa shape index (κ1) is 22.6. The lowest BCUT2D eigenvalue weighted by atomic mass is 10.0. The van der Waals surface area contributed by atoms with Crippen molar-refractivity contribution in [1.82, 2.24) is 0 Å². The predicted octanol–water partition coefficient (Wildman–Crippen LogP) is 3.75. The molecule has 1 fully saturated rings. The van der Waals surface area contributed by atoms with Crippen molar-refractivity contribution in [2.75, 3.05) is 32.8 Å². The molecular formula is C22H25NO7S. The lowest BCUT2D eigenvalue weighted by molar-refractivity contribution is -0.148. The fourth-order valence-corrected chi connectivity index (χ4v) is 4.10. The topological polar surface area (TPSA) is 100 Å². The van der Waals surface area contributed by atoms with Gasteiger partial charge >= 0.3 is 11.9 Å². The summed E-state index contributed by atoms with van der Waals surface area (Å²) in [7, 11) is 3.06. The van der Waals surface area contributed by atoms with Crippen LogP contribution in [0.25, 0.3) is 11.1 Å². The number of hydrogen-bond acceptors (Lipinski definition) is 8. The van der Waals surface area contributed by atoms with E-state index < -0.39 is 18.5 Å². The number of nitrogens with one attached hydrogen (secondary N) is 1. The molecule has 9 heteroatoms. The molecule has 1 aliphatic rings. The number of rotatable bonds is 9. The maximum Gasteiger partial charge on any atom is 0.341 e. The van der Waals surface area contributed by atoms with Crippen molar-refractivity contribution in [3.8, 4) is 22.6 Å². The number of hydrogen-bond donors (Lipinski definition) is 1. The molecule has 0 aliphatic heterocycles. The zero-order valence-corrected chi connectivity index (χ0v) is 18.7. The Kier molecular flexibility index (Phi) is 7.17. The Morgan fingerprint density at radius 1 is 1.13 bits per heavy atom. The first-order valence-corrected chi connectivity index (χ1v) is 10.7. The van der Waals surface area contributed by atoms with Gasteiger partial charge in [-0.05, 0) is 37.0 Å². The molecule has 8 nitrogen and oxygen atoms in total. The van der Waals surface area contributed by atoms with E-state index in [1.54, 1.807) is 30.5 Å². The number of amides is 1. The SMILES string of the molecule is CCOC(=O)c1c(-c2ccc(OC)c(OC)c2)csc1NC(=O)COC(=O)C1CC1C. The molecule has 1 aliphatic carbocycles. The summed E-state index contributed by atoms with van der Waals surface area (Å²) in [4.78, 5) is 36.8. The van der Waals surface area contributed by atoms with E-state index in [-0.39, 0.29) is 24.1 Å². The van der Waals surface area contributed by atoms with Crippen LogP contribution in [-0.2, 0) is 19.1 Å². The highest BCUT2D eigenvalue weighted by atomic mass is 32.1. The van der Waals surface area contributed by atoms with Gasteiger partial charge in [0, 0.05) is 10.9 Å². The van der Waals surface area contributed by atoms with Gasteiger partial charge in [-0.3, -0.25) is 9.59 Å². The fourth-order valence-electron chi connectivity index (χ4n) is 3.13. The molecule has 0 bridgehead atoms. The maximum absolute atomic E-state index is 12.7. The third kappa shape index (κ3) is 5.16. The summed E-state index contributed by atoms with van der Waals surface area (Å²) in [5.74, 6) is -0.216. The van der Waals surface area contributed by atoms with E-state index in [0.29, 0.717) is 33.5 Å². The molecule has 2 aromatic rings. The van der Waals surface area contributed by atoms with Crippen molar-refractivity contribution >= 4 is 34.2 Å². The molecule has 31 heavy (non-hydrogen) atoms. The van der Waals surface area contributed by atoms with Crippen LogP contribution in [0.15, 0.2) is 23.6 Å². The quantitative estimate of drug-likeness (QED) is 0.585. The Morgan fingerprint density at radius 3 is 2.45 bits per heavy atom. The van der Waals surface area contributed by atoms with Crippen LogP contribution < -0.4 is 14.8 Å². The van der Waals surface area contributed by atoms with E-state index in [1.807, 2.05) is 6.92 Å². The summed E-state index contributed by atoms with van der Waals surface area (Å²) in [6.45, 7) is 3.44. The first-order chi connectivity index (χ1) is 14.9. The number of methoxy groups -OCH3 is 2. The minimum atomic E-state index is -0.562. The minimum Gasteiger partial charge on any atom is -0.493 e. The number of carbonyl (C=O) groups excluding carboxylic acids is 3. The van der Waals surface area contributed by atoms with Gasteiger partial charge in [-0.25, -0.2) is 4.79 Å². The Hall–Kier alpha value is -3.07. The first-order valence-electron chi connectivity index (χ1n) is 9.87. The second kappa shape index (κ2) is 9.82. The van der Waals surface area contributed by atoms with E-state index in [0.717, 1.165) is 6.42 Å². The average molecular weight is 448 g/mol. The van der Waals surface area contributed by atoms with Crippen LogP contribution in [0.4, 0.5) is 5.00 Å². The van der Waals surface area contributed by atoms with E-state index in [4.69, 9.17) is 18.9 Å². The standard InChI is InChI=1S/C22H25NO7S/c1-5-29-22(26)19-15(13-6-7-16(27-3)17(9-13)28-4)11-31-20(19)23-18(24)10-30-21(25)14-8-12(14)2/h6-7,9,11-12,14H,5,8,10H2,1-4H3,(H,23,24). The van der Waals surface area contributed by atoms with Crippen LogP contribution in [-0.4, -0.2) is 45.3 Å². The highest BCUT2D eigenvalue weighted by Crippen LogP contribution is 2.40. The molecule has 1 N–H and O–H groups in total. The van der Waals surface area contributed by atoms with Gasteiger partial charge in [0.05, 0.1) is 26.7 Å². The second-order valence-electron chi connectivity index (χ2n) is 7.12. The summed E-state index contributed by atoms with van der Waals surface area (Å²) in [6, 6.07) is 5.27. The monoisotopic (exact) mass is 447 g/mol. The Bertz CT molecular complexity index is 984. The number of carbonyl (C=O) groups is 3. The lowest BCUT2D eigenvalue weighted by Crippen LogP contribution is -2.22. The van der Waals surface area contributed by atoms with E-state index in [1.165, 1.54) is 25.6 Å². The summed E-state index contributed by atoms with van der Waals surface area (Å²) < 4.78 is 20.9. The number of thiophene rings is 1. The molecule has 1 heterocycles. The number of anilines is 1. The molecule has 1 aromatic heterocycles. The van der Waals surface area contributed by atoms with Gasteiger partial charge in [-0.2, -0.15) is 0 Å². The van der Waals surface area contributed by atoms with Gasteiger partial charge in [0.25, 0.3) is 5.91 Å². The summed E-state index contributed by atoms with van der Waals surface area (Å²) >= 11 is 1.18. The molecule has 2 unspecified atom stereocenters. The molecule has 0 radical (unpaired) electrons. The van der Waals surface area contributed by atoms with Gasteiger partial charge in [0.15, 0.2) is 18.1 Å². The average Bonchev–Trinajstić information content (AvgIpc) is 3.35. The molecular weight excluding hydrogens is 422 g/mol. The normalized spacial score (nSPS) is 16.9. The minimum absolute atomic E-state index is 0.124. The number of esters is 2. The Labute approximate surface area is 184 Å². The Balaban J connectivity index is 1.82. The summed E-state index contributed by atoms with van der Waals surface area (Å²) in [5.41, 5.74) is 1.52. The highest BCUT2D eigenvalue weighted by Gasteiger charge is 2.40. The van der Waals surface area contributed by atoms with Crippen molar-refractivity contribution in [3.63, 3.8) is 0 Å². The summed E-state index contributed by atoms with van der Waals surface area (Å²) in [6.07, 6.45) is 0.785. The van der Waals surface area contributed by atoms with Crippen molar-refractivity contribution < 1.29 is 33.3 Å². The third-order valence-electron chi connectivity index (χ3n) is 4.98. The van der Waals surface area contributed by atoms with Crippen LogP contribution in [0.2, 0.25) is 0 Å².